The summed E-state index contributed by atoms with van der Waals surface area (Å²) in [5.74, 6) is -1.56. The SMILES string of the molecule is CNC(=O)[C@H](Cc1ccc2ccccc2c1)N1CCN(C(=O)[C@@H](Cc2ccc(F)cc2)NC(=O)OC(C)(C)C)[C@@H](C)C1=O. The highest BCUT2D eigenvalue weighted by Crippen LogP contribution is 2.22. The molecule has 3 atom stereocenters. The molecule has 0 bridgehead atoms. The average Bonchev–Trinajstić information content (AvgIpc) is 2.96. The number of ether oxygens (including phenoxy) is 1. The summed E-state index contributed by atoms with van der Waals surface area (Å²) in [7, 11) is 1.53. The van der Waals surface area contributed by atoms with Crippen molar-refractivity contribution in [3.05, 3.63) is 83.7 Å². The standard InChI is InChI=1S/C33H39FN4O5/c1-21-30(40)38(28(29(39)35-5)20-23-10-13-24-8-6-7-9-25(24)18-23)17-16-37(21)31(41)27(36-32(42)43-33(2,3)4)19-22-11-14-26(34)15-12-22/h6-15,18,21,27-28H,16-17,19-20H2,1-5H3,(H,35,39)(H,36,42)/t21-,27+,28-/m0/s1. The van der Waals surface area contributed by atoms with Crippen molar-refractivity contribution in [1.29, 1.82) is 0 Å². The molecular weight excluding hydrogens is 551 g/mol. The number of nitrogens with zero attached hydrogens (tertiary/aromatic N) is 2. The van der Waals surface area contributed by atoms with Gasteiger partial charge in [0.25, 0.3) is 0 Å². The molecule has 3 aromatic carbocycles. The molecule has 2 N–H and O–H groups in total. The molecule has 0 aliphatic carbocycles. The van der Waals surface area contributed by atoms with Gasteiger partial charge in [0.15, 0.2) is 0 Å². The van der Waals surface area contributed by atoms with Gasteiger partial charge >= 0.3 is 6.09 Å². The van der Waals surface area contributed by atoms with Crippen molar-refractivity contribution in [3.8, 4) is 0 Å². The van der Waals surface area contributed by atoms with Crippen LogP contribution in [0.25, 0.3) is 10.8 Å². The van der Waals surface area contributed by atoms with Gasteiger partial charge in [-0.1, -0.05) is 54.6 Å². The third-order valence-electron chi connectivity index (χ3n) is 7.48. The molecule has 1 aliphatic heterocycles. The molecule has 1 saturated heterocycles. The molecule has 43 heavy (non-hydrogen) atoms. The molecule has 1 fully saturated rings. The van der Waals surface area contributed by atoms with Crippen molar-refractivity contribution in [2.24, 2.45) is 0 Å². The van der Waals surface area contributed by atoms with E-state index in [1.807, 2.05) is 42.5 Å². The van der Waals surface area contributed by atoms with E-state index < -0.39 is 41.5 Å². The van der Waals surface area contributed by atoms with Gasteiger partial charge in [-0.05, 0) is 61.7 Å². The lowest BCUT2D eigenvalue weighted by Gasteiger charge is -2.43. The Morgan fingerprint density at radius 1 is 0.953 bits per heavy atom. The number of carbonyl (C=O) groups is 4. The van der Waals surface area contributed by atoms with Gasteiger partial charge in [-0.3, -0.25) is 14.4 Å². The lowest BCUT2D eigenvalue weighted by molar-refractivity contribution is -0.155. The Balaban J connectivity index is 1.53. The van der Waals surface area contributed by atoms with Crippen molar-refractivity contribution >= 4 is 34.6 Å². The van der Waals surface area contributed by atoms with Crippen molar-refractivity contribution in [3.63, 3.8) is 0 Å². The zero-order chi connectivity index (χ0) is 31.3. The van der Waals surface area contributed by atoms with Gasteiger partial charge in [0.05, 0.1) is 0 Å². The van der Waals surface area contributed by atoms with E-state index in [1.165, 1.54) is 29.0 Å². The highest BCUT2D eigenvalue weighted by molar-refractivity contribution is 5.95. The first-order chi connectivity index (χ1) is 20.4. The van der Waals surface area contributed by atoms with Gasteiger partial charge in [0.1, 0.15) is 29.5 Å². The van der Waals surface area contributed by atoms with Crippen LogP contribution in [0.2, 0.25) is 0 Å². The maximum atomic E-state index is 13.8. The highest BCUT2D eigenvalue weighted by Gasteiger charge is 2.41. The summed E-state index contributed by atoms with van der Waals surface area (Å²) in [4.78, 5) is 56.2. The minimum atomic E-state index is -1.06. The van der Waals surface area contributed by atoms with Crippen LogP contribution in [0.1, 0.15) is 38.8 Å². The van der Waals surface area contributed by atoms with Crippen LogP contribution in [0.3, 0.4) is 0 Å². The average molecular weight is 591 g/mol. The number of amides is 4. The van der Waals surface area contributed by atoms with E-state index >= 15 is 0 Å². The van der Waals surface area contributed by atoms with Crippen molar-refractivity contribution in [2.75, 3.05) is 20.1 Å². The molecule has 228 valence electrons. The summed E-state index contributed by atoms with van der Waals surface area (Å²) in [5, 5.41) is 7.44. The summed E-state index contributed by atoms with van der Waals surface area (Å²) in [6.45, 7) is 7.05. The topological polar surface area (TPSA) is 108 Å². The van der Waals surface area contributed by atoms with Gasteiger partial charge in [0, 0.05) is 33.0 Å². The van der Waals surface area contributed by atoms with Crippen molar-refractivity contribution in [1.82, 2.24) is 20.4 Å². The number of carbonyl (C=O) groups excluding carboxylic acids is 4. The lowest BCUT2D eigenvalue weighted by atomic mass is 9.98. The minimum Gasteiger partial charge on any atom is -0.444 e. The first-order valence-corrected chi connectivity index (χ1v) is 14.4. The second kappa shape index (κ2) is 13.2. The molecule has 9 nitrogen and oxygen atoms in total. The number of fused-ring (bicyclic) bond motifs is 1. The van der Waals surface area contributed by atoms with Crippen LogP contribution in [0.15, 0.2) is 66.7 Å². The molecule has 0 aromatic heterocycles. The second-order valence-electron chi connectivity index (χ2n) is 11.8. The first kappa shape index (κ1) is 31.5. The normalized spacial score (nSPS) is 16.9. The molecule has 1 heterocycles. The second-order valence-corrected chi connectivity index (χ2v) is 11.8. The third kappa shape index (κ3) is 7.88. The Hall–Kier alpha value is -4.47. The predicted molar refractivity (Wildman–Crippen MR) is 162 cm³/mol. The molecular formula is C33H39FN4O5. The minimum absolute atomic E-state index is 0.0717. The fourth-order valence-electron chi connectivity index (χ4n) is 5.31. The maximum Gasteiger partial charge on any atom is 0.408 e. The van der Waals surface area contributed by atoms with Gasteiger partial charge in [0.2, 0.25) is 17.7 Å². The van der Waals surface area contributed by atoms with E-state index in [0.717, 1.165) is 16.3 Å². The number of nitrogens with one attached hydrogen (secondary N) is 2. The Labute approximate surface area is 251 Å². The van der Waals surface area contributed by atoms with E-state index in [2.05, 4.69) is 10.6 Å². The summed E-state index contributed by atoms with van der Waals surface area (Å²) in [6, 6.07) is 16.8. The molecule has 0 radical (unpaired) electrons. The Kier molecular flexibility index (Phi) is 9.68. The highest BCUT2D eigenvalue weighted by atomic mass is 19.1. The third-order valence-corrected chi connectivity index (χ3v) is 7.48. The summed E-state index contributed by atoms with van der Waals surface area (Å²) in [5.41, 5.74) is 0.748. The Morgan fingerprint density at radius 2 is 1.60 bits per heavy atom. The van der Waals surface area contributed by atoms with E-state index in [0.29, 0.717) is 12.0 Å². The van der Waals surface area contributed by atoms with E-state index in [-0.39, 0.29) is 31.3 Å². The number of hydrogen-bond donors (Lipinski definition) is 2. The monoisotopic (exact) mass is 590 g/mol. The number of benzene rings is 3. The zero-order valence-electron chi connectivity index (χ0n) is 25.2. The Morgan fingerprint density at radius 3 is 2.26 bits per heavy atom. The van der Waals surface area contributed by atoms with Crippen LogP contribution in [0.4, 0.5) is 9.18 Å². The van der Waals surface area contributed by atoms with E-state index in [4.69, 9.17) is 4.74 Å². The van der Waals surface area contributed by atoms with Crippen LogP contribution in [0.5, 0.6) is 0 Å². The number of likely N-dealkylation sites (N-methyl/N-ethyl adjacent to an activating group) is 1. The summed E-state index contributed by atoms with van der Waals surface area (Å²) >= 11 is 0. The maximum absolute atomic E-state index is 13.8. The molecule has 4 rings (SSSR count). The largest absolute Gasteiger partial charge is 0.444 e. The van der Waals surface area contributed by atoms with Crippen molar-refractivity contribution in [2.45, 2.75) is 64.3 Å². The number of rotatable bonds is 8. The Bertz CT molecular complexity index is 1490. The van der Waals surface area contributed by atoms with Gasteiger partial charge < -0.3 is 25.2 Å². The van der Waals surface area contributed by atoms with Crippen LogP contribution in [-0.4, -0.2) is 77.5 Å². The number of halogens is 1. The number of alkyl carbamates (subject to hydrolysis) is 1. The van der Waals surface area contributed by atoms with Crippen LogP contribution in [-0.2, 0) is 32.0 Å². The predicted octanol–water partition coefficient (Wildman–Crippen LogP) is 3.83. The quantitative estimate of drug-likeness (QED) is 0.415. The van der Waals surface area contributed by atoms with Gasteiger partial charge in [-0.15, -0.1) is 0 Å². The molecule has 0 unspecified atom stereocenters. The molecule has 3 aromatic rings. The van der Waals surface area contributed by atoms with Crippen LogP contribution < -0.4 is 10.6 Å². The number of piperazine rings is 1. The smallest absolute Gasteiger partial charge is 0.408 e. The first-order valence-electron chi connectivity index (χ1n) is 14.4. The molecule has 0 saturated carbocycles. The zero-order valence-corrected chi connectivity index (χ0v) is 25.2. The van der Waals surface area contributed by atoms with Gasteiger partial charge in [-0.25, -0.2) is 9.18 Å². The lowest BCUT2D eigenvalue weighted by Crippen LogP contribution is -2.65. The fourth-order valence-corrected chi connectivity index (χ4v) is 5.31. The van der Waals surface area contributed by atoms with Crippen LogP contribution in [0, 0.1) is 5.82 Å². The van der Waals surface area contributed by atoms with E-state index in [1.54, 1.807) is 39.8 Å². The van der Waals surface area contributed by atoms with Crippen molar-refractivity contribution < 1.29 is 28.3 Å². The molecule has 4 amide bonds. The number of hydrogen-bond acceptors (Lipinski definition) is 5. The molecule has 10 heteroatoms. The summed E-state index contributed by atoms with van der Waals surface area (Å²) < 4.78 is 18.9. The molecule has 0 spiro atoms. The fraction of sp³-hybridized carbons (Fsp3) is 0.394. The van der Waals surface area contributed by atoms with E-state index in [9.17, 15) is 23.6 Å². The van der Waals surface area contributed by atoms with Gasteiger partial charge in [-0.2, -0.15) is 0 Å². The van der Waals surface area contributed by atoms with Crippen LogP contribution >= 0.6 is 0 Å². The molecule has 1 aliphatic rings. The summed E-state index contributed by atoms with van der Waals surface area (Å²) in [6.07, 6.45) is -0.396.